The first-order valence-electron chi connectivity index (χ1n) is 5.20. The number of alkyl halides is 1. The third-order valence-corrected chi connectivity index (χ3v) is 2.86. The zero-order valence-electron chi connectivity index (χ0n) is 9.06. The van der Waals surface area contributed by atoms with Gasteiger partial charge >= 0.3 is 5.97 Å². The van der Waals surface area contributed by atoms with E-state index in [9.17, 15) is 4.79 Å². The van der Waals surface area contributed by atoms with Crippen molar-refractivity contribution in [2.75, 3.05) is 5.88 Å². The average molecular weight is 247 g/mol. The van der Waals surface area contributed by atoms with E-state index >= 15 is 0 Å². The molecule has 17 heavy (non-hydrogen) atoms. The van der Waals surface area contributed by atoms with Crippen molar-refractivity contribution in [2.45, 2.75) is 0 Å². The maximum atomic E-state index is 10.9. The zero-order valence-corrected chi connectivity index (χ0v) is 9.82. The van der Waals surface area contributed by atoms with Gasteiger partial charge < -0.3 is 5.11 Å². The molecule has 2 nitrogen and oxygen atoms in total. The Kier molecular flexibility index (Phi) is 3.45. The third-order valence-electron chi connectivity index (χ3n) is 2.57. The Balaban J connectivity index is 2.59. The highest BCUT2D eigenvalue weighted by atomic mass is 35.5. The molecule has 0 radical (unpaired) electrons. The molecule has 2 aromatic carbocycles. The normalized spacial score (nSPS) is 11.7. The first-order chi connectivity index (χ1) is 8.22. The van der Waals surface area contributed by atoms with Gasteiger partial charge in [0.1, 0.15) is 0 Å². The molecule has 2 rings (SSSR count). The van der Waals surface area contributed by atoms with Crippen molar-refractivity contribution < 1.29 is 9.90 Å². The van der Waals surface area contributed by atoms with Crippen molar-refractivity contribution >= 4 is 34.4 Å². The number of carboxylic acid groups (broad SMARTS) is 1. The van der Waals surface area contributed by atoms with Crippen molar-refractivity contribution in [1.29, 1.82) is 0 Å². The van der Waals surface area contributed by atoms with E-state index in [2.05, 4.69) is 0 Å². The van der Waals surface area contributed by atoms with Crippen LogP contribution >= 0.6 is 11.6 Å². The van der Waals surface area contributed by atoms with E-state index in [0.717, 1.165) is 16.3 Å². The van der Waals surface area contributed by atoms with E-state index in [-0.39, 0.29) is 11.5 Å². The van der Waals surface area contributed by atoms with Gasteiger partial charge in [0.2, 0.25) is 0 Å². The number of benzene rings is 2. The molecule has 0 bridgehead atoms. The number of hydrogen-bond acceptors (Lipinski definition) is 1. The summed E-state index contributed by atoms with van der Waals surface area (Å²) in [6.45, 7) is 0. The largest absolute Gasteiger partial charge is 0.478 e. The second kappa shape index (κ2) is 5.02. The summed E-state index contributed by atoms with van der Waals surface area (Å²) in [7, 11) is 0. The van der Waals surface area contributed by atoms with Crippen LogP contribution in [-0.2, 0) is 4.79 Å². The van der Waals surface area contributed by atoms with Crippen LogP contribution in [-0.4, -0.2) is 17.0 Å². The van der Waals surface area contributed by atoms with Gasteiger partial charge in [-0.25, -0.2) is 4.79 Å². The quantitative estimate of drug-likeness (QED) is 0.664. The molecular weight excluding hydrogens is 236 g/mol. The lowest BCUT2D eigenvalue weighted by atomic mass is 10.0. The molecule has 0 saturated heterocycles. The Bertz CT molecular complexity index is 582. The highest BCUT2D eigenvalue weighted by molar-refractivity contribution is 6.23. The van der Waals surface area contributed by atoms with Crippen molar-refractivity contribution in [3.8, 4) is 0 Å². The Hall–Kier alpha value is -1.80. The summed E-state index contributed by atoms with van der Waals surface area (Å²) in [6.07, 6.45) is 1.62. The van der Waals surface area contributed by atoms with Crippen LogP contribution in [0.15, 0.2) is 48.0 Å². The second-order valence-corrected chi connectivity index (χ2v) is 3.94. The molecule has 2 aromatic rings. The monoisotopic (exact) mass is 246 g/mol. The fraction of sp³-hybridized carbons (Fsp3) is 0.0714. The number of carboxylic acids is 1. The van der Waals surface area contributed by atoms with Gasteiger partial charge in [-0.2, -0.15) is 0 Å². The lowest BCUT2D eigenvalue weighted by molar-refractivity contribution is -0.132. The molecular formula is C14H11ClO2. The number of rotatable bonds is 3. The SMILES string of the molecule is O=C(O)/C(=C/c1cccc2ccccc12)CCl. The maximum Gasteiger partial charge on any atom is 0.332 e. The molecule has 0 aliphatic rings. The minimum absolute atomic E-state index is 0.00143. The van der Waals surface area contributed by atoms with E-state index in [0.29, 0.717) is 0 Å². The topological polar surface area (TPSA) is 37.3 Å². The van der Waals surface area contributed by atoms with Crippen molar-refractivity contribution in [1.82, 2.24) is 0 Å². The molecule has 0 unspecified atom stereocenters. The van der Waals surface area contributed by atoms with Crippen LogP contribution in [0.3, 0.4) is 0 Å². The van der Waals surface area contributed by atoms with Gasteiger partial charge in [0.25, 0.3) is 0 Å². The van der Waals surface area contributed by atoms with E-state index in [1.54, 1.807) is 6.08 Å². The molecule has 0 saturated carbocycles. The smallest absolute Gasteiger partial charge is 0.332 e. The van der Waals surface area contributed by atoms with Crippen LogP contribution in [0.25, 0.3) is 16.8 Å². The Morgan fingerprint density at radius 3 is 2.59 bits per heavy atom. The summed E-state index contributed by atoms with van der Waals surface area (Å²) in [5.74, 6) is -0.980. The molecule has 0 aliphatic heterocycles. The maximum absolute atomic E-state index is 10.9. The summed E-state index contributed by atoms with van der Waals surface area (Å²) < 4.78 is 0. The molecule has 0 aromatic heterocycles. The number of hydrogen-bond donors (Lipinski definition) is 1. The van der Waals surface area contributed by atoms with Gasteiger partial charge in [0.05, 0.1) is 11.5 Å². The standard InChI is InChI=1S/C14H11ClO2/c15-9-12(14(16)17)8-11-6-3-5-10-4-1-2-7-13(10)11/h1-8H,9H2,(H,16,17)/b12-8+. The van der Waals surface area contributed by atoms with Crippen LogP contribution < -0.4 is 0 Å². The van der Waals surface area contributed by atoms with Gasteiger partial charge in [0.15, 0.2) is 0 Å². The fourth-order valence-corrected chi connectivity index (χ4v) is 1.91. The van der Waals surface area contributed by atoms with E-state index in [4.69, 9.17) is 16.7 Å². The molecule has 0 amide bonds. The molecule has 0 fully saturated rings. The van der Waals surface area contributed by atoms with Gasteiger partial charge in [0, 0.05) is 0 Å². The minimum atomic E-state index is -0.979. The third kappa shape index (κ3) is 2.48. The summed E-state index contributed by atoms with van der Waals surface area (Å²) in [5.41, 5.74) is 1.07. The van der Waals surface area contributed by atoms with Crippen molar-refractivity contribution in [3.05, 3.63) is 53.6 Å². The van der Waals surface area contributed by atoms with E-state index in [1.165, 1.54) is 0 Å². The predicted molar refractivity (Wildman–Crippen MR) is 70.3 cm³/mol. The average Bonchev–Trinajstić information content (AvgIpc) is 2.35. The lowest BCUT2D eigenvalue weighted by Crippen LogP contribution is -2.01. The van der Waals surface area contributed by atoms with Crippen LogP contribution in [0.5, 0.6) is 0 Å². The Morgan fingerprint density at radius 2 is 1.88 bits per heavy atom. The van der Waals surface area contributed by atoms with Crippen LogP contribution in [0.2, 0.25) is 0 Å². The Morgan fingerprint density at radius 1 is 1.18 bits per heavy atom. The first-order valence-corrected chi connectivity index (χ1v) is 5.73. The molecule has 0 spiro atoms. The number of aliphatic carboxylic acids is 1. The van der Waals surface area contributed by atoms with Gasteiger partial charge in [-0.15, -0.1) is 11.6 Å². The fourth-order valence-electron chi connectivity index (χ4n) is 1.72. The molecule has 3 heteroatoms. The number of carbonyl (C=O) groups is 1. The number of halogens is 1. The Labute approximate surface area is 104 Å². The van der Waals surface area contributed by atoms with Gasteiger partial charge in [-0.3, -0.25) is 0 Å². The predicted octanol–water partition coefficient (Wildman–Crippen LogP) is 3.55. The van der Waals surface area contributed by atoms with Crippen molar-refractivity contribution in [2.24, 2.45) is 0 Å². The second-order valence-electron chi connectivity index (χ2n) is 3.68. The van der Waals surface area contributed by atoms with Gasteiger partial charge in [-0.05, 0) is 22.4 Å². The van der Waals surface area contributed by atoms with Gasteiger partial charge in [-0.1, -0.05) is 42.5 Å². The number of fused-ring (bicyclic) bond motifs is 1. The lowest BCUT2D eigenvalue weighted by Gasteiger charge is -2.03. The van der Waals surface area contributed by atoms with E-state index < -0.39 is 5.97 Å². The van der Waals surface area contributed by atoms with Crippen LogP contribution in [0, 0.1) is 0 Å². The summed E-state index contributed by atoms with van der Waals surface area (Å²) in [5, 5.41) is 11.1. The summed E-state index contributed by atoms with van der Waals surface area (Å²) >= 11 is 5.61. The molecule has 0 atom stereocenters. The highest BCUT2D eigenvalue weighted by Crippen LogP contribution is 2.21. The van der Waals surface area contributed by atoms with Crippen LogP contribution in [0.4, 0.5) is 0 Å². The molecule has 0 heterocycles. The van der Waals surface area contributed by atoms with Crippen molar-refractivity contribution in [3.63, 3.8) is 0 Å². The van der Waals surface area contributed by atoms with Crippen LogP contribution in [0.1, 0.15) is 5.56 Å². The molecule has 1 N–H and O–H groups in total. The zero-order chi connectivity index (χ0) is 12.3. The van der Waals surface area contributed by atoms with E-state index in [1.807, 2.05) is 42.5 Å². The molecule has 0 aliphatic carbocycles. The summed E-state index contributed by atoms with van der Waals surface area (Å²) in [6, 6.07) is 13.6. The molecule has 86 valence electrons. The first kappa shape index (κ1) is 11.7. The summed E-state index contributed by atoms with van der Waals surface area (Å²) in [4.78, 5) is 10.9. The highest BCUT2D eigenvalue weighted by Gasteiger charge is 2.06. The minimum Gasteiger partial charge on any atom is -0.478 e.